The van der Waals surface area contributed by atoms with Crippen molar-refractivity contribution in [1.29, 1.82) is 0 Å². The lowest BCUT2D eigenvalue weighted by molar-refractivity contribution is -0.232. The molecule has 6 unspecified atom stereocenters. The summed E-state index contributed by atoms with van der Waals surface area (Å²) in [5.74, 6) is -1.59. The first-order valence-corrected chi connectivity index (χ1v) is 14.8. The SMILES string of the molecule is C=O.CC(=O)OC1CC(C)OC(OCC(O)C(OC(C)=O)C(Cc2ccc(Cc3ccccc3)cc2)OC(C)=O)C1.CO.CO.O=CO. The number of hydrogen-bond acceptors (Lipinski definition) is 13. The molecular weight excluding hydrogens is 632 g/mol. The van der Waals surface area contributed by atoms with Crippen LogP contribution in [0, 0.1) is 0 Å². The second-order valence-electron chi connectivity index (χ2n) is 9.99. The summed E-state index contributed by atoms with van der Waals surface area (Å²) in [5.41, 5.74) is 3.15. The average molecular weight is 683 g/mol. The molecule has 3 rings (SSSR count). The Morgan fingerprint density at radius 2 is 1.35 bits per heavy atom. The van der Waals surface area contributed by atoms with Gasteiger partial charge < -0.3 is 48.9 Å². The minimum Gasteiger partial charge on any atom is -0.483 e. The summed E-state index contributed by atoms with van der Waals surface area (Å²) in [4.78, 5) is 51.6. The van der Waals surface area contributed by atoms with Crippen molar-refractivity contribution in [2.45, 2.75) is 90.2 Å². The van der Waals surface area contributed by atoms with Crippen LogP contribution in [0.5, 0.6) is 0 Å². The molecule has 48 heavy (non-hydrogen) atoms. The highest BCUT2D eigenvalue weighted by Gasteiger charge is 2.36. The van der Waals surface area contributed by atoms with Crippen molar-refractivity contribution in [3.05, 3.63) is 71.3 Å². The molecule has 14 nitrogen and oxygen atoms in total. The molecule has 0 bridgehead atoms. The van der Waals surface area contributed by atoms with Crippen molar-refractivity contribution in [3.63, 3.8) is 0 Å². The fraction of sp³-hybridized carbons (Fsp3) is 0.500. The van der Waals surface area contributed by atoms with Crippen molar-refractivity contribution in [2.75, 3.05) is 20.8 Å². The standard InChI is InChI=1S/C30H38O9.CH2O2.2CH4O.CH2O/c1-19-14-26(37-20(2)31)17-29(36-19)35-18-27(34)30(39-22(4)33)28(38-21(3)32)16-25-12-10-24(11-13-25)15-23-8-6-5-7-9-23;2-1-3;3*1-2/h5-13,19,26-30,34H,14-18H2,1-4H3;1H,(H,2,3);2*2H,1H3;1H2. The van der Waals surface area contributed by atoms with Gasteiger partial charge in [-0.25, -0.2) is 0 Å². The van der Waals surface area contributed by atoms with Crippen LogP contribution in [0.15, 0.2) is 54.6 Å². The summed E-state index contributed by atoms with van der Waals surface area (Å²) < 4.78 is 27.8. The molecule has 2 aromatic rings. The molecule has 0 aliphatic carbocycles. The number of aliphatic hydroxyl groups excluding tert-OH is 3. The molecule has 0 saturated carbocycles. The summed E-state index contributed by atoms with van der Waals surface area (Å²) in [6.07, 6.45) is -2.92. The van der Waals surface area contributed by atoms with E-state index in [9.17, 15) is 19.5 Å². The van der Waals surface area contributed by atoms with Crippen LogP contribution in [-0.4, -0.2) is 109 Å². The van der Waals surface area contributed by atoms with Crippen LogP contribution in [0.1, 0.15) is 57.2 Å². The number of benzene rings is 2. The van der Waals surface area contributed by atoms with E-state index in [1.165, 1.54) is 26.3 Å². The Kier molecular flexibility index (Phi) is 26.6. The van der Waals surface area contributed by atoms with Gasteiger partial charge in [0.05, 0.1) is 12.7 Å². The molecule has 0 spiro atoms. The normalized spacial score (nSPS) is 17.9. The number of carboxylic acid groups (broad SMARTS) is 1. The first-order valence-electron chi connectivity index (χ1n) is 14.8. The quantitative estimate of drug-likeness (QED) is 0.144. The van der Waals surface area contributed by atoms with E-state index in [1.807, 2.05) is 56.2 Å². The highest BCUT2D eigenvalue weighted by Crippen LogP contribution is 2.24. The van der Waals surface area contributed by atoms with Crippen LogP contribution in [0.4, 0.5) is 0 Å². The number of rotatable bonds is 12. The largest absolute Gasteiger partial charge is 0.483 e. The number of esters is 3. The minimum atomic E-state index is -1.32. The van der Waals surface area contributed by atoms with Gasteiger partial charge in [-0.1, -0.05) is 54.6 Å². The molecule has 1 aliphatic heterocycles. The Morgan fingerprint density at radius 3 is 1.85 bits per heavy atom. The van der Waals surface area contributed by atoms with Crippen LogP contribution < -0.4 is 0 Å². The third-order valence-corrected chi connectivity index (χ3v) is 6.30. The Labute approximate surface area is 281 Å². The van der Waals surface area contributed by atoms with Crippen molar-refractivity contribution in [1.82, 2.24) is 0 Å². The van der Waals surface area contributed by atoms with Gasteiger partial charge in [0.1, 0.15) is 25.1 Å². The first-order chi connectivity index (χ1) is 23.0. The van der Waals surface area contributed by atoms with Gasteiger partial charge in [-0.3, -0.25) is 19.2 Å². The number of ether oxygens (including phenoxy) is 5. The predicted octanol–water partition coefficient (Wildman–Crippen LogP) is 2.25. The Hall–Kier alpha value is -4.21. The zero-order chi connectivity index (χ0) is 37.1. The summed E-state index contributed by atoms with van der Waals surface area (Å²) in [7, 11) is 2.00. The van der Waals surface area contributed by atoms with E-state index in [1.54, 1.807) is 0 Å². The minimum absolute atomic E-state index is 0.214. The van der Waals surface area contributed by atoms with E-state index in [-0.39, 0.29) is 37.7 Å². The average Bonchev–Trinajstić information content (AvgIpc) is 3.06. The van der Waals surface area contributed by atoms with E-state index in [0.29, 0.717) is 12.8 Å². The predicted molar refractivity (Wildman–Crippen MR) is 174 cm³/mol. The molecule has 270 valence electrons. The lowest BCUT2D eigenvalue weighted by Gasteiger charge is -2.34. The number of carbonyl (C=O) groups is 5. The molecule has 0 aromatic heterocycles. The number of hydrogen-bond donors (Lipinski definition) is 4. The van der Waals surface area contributed by atoms with Gasteiger partial charge in [-0.15, -0.1) is 0 Å². The van der Waals surface area contributed by atoms with E-state index in [4.69, 9.17) is 48.6 Å². The second kappa shape index (κ2) is 27.9. The lowest BCUT2D eigenvalue weighted by atomic mass is 9.97. The van der Waals surface area contributed by atoms with Crippen LogP contribution >= 0.6 is 0 Å². The third-order valence-electron chi connectivity index (χ3n) is 6.30. The molecule has 6 atom stereocenters. The molecule has 1 saturated heterocycles. The number of aliphatic hydroxyl groups is 3. The molecule has 4 N–H and O–H groups in total. The third kappa shape index (κ3) is 20.1. The van der Waals surface area contributed by atoms with Crippen molar-refractivity contribution in [2.24, 2.45) is 0 Å². The molecule has 0 radical (unpaired) electrons. The van der Waals surface area contributed by atoms with E-state index in [0.717, 1.165) is 31.8 Å². The van der Waals surface area contributed by atoms with Crippen LogP contribution in [-0.2, 0) is 60.5 Å². The van der Waals surface area contributed by atoms with Gasteiger partial charge >= 0.3 is 17.9 Å². The Bertz CT molecular complexity index is 1140. The van der Waals surface area contributed by atoms with Gasteiger partial charge in [0.15, 0.2) is 12.4 Å². The van der Waals surface area contributed by atoms with Crippen molar-refractivity contribution >= 4 is 31.2 Å². The molecule has 1 aliphatic rings. The van der Waals surface area contributed by atoms with E-state index >= 15 is 0 Å². The fourth-order valence-electron chi connectivity index (χ4n) is 4.68. The molecule has 2 aromatic carbocycles. The van der Waals surface area contributed by atoms with Crippen LogP contribution in [0.3, 0.4) is 0 Å². The smallest absolute Gasteiger partial charge is 0.303 e. The highest BCUT2D eigenvalue weighted by molar-refractivity contribution is 5.67. The van der Waals surface area contributed by atoms with Crippen LogP contribution in [0.2, 0.25) is 0 Å². The molecule has 14 heteroatoms. The highest BCUT2D eigenvalue weighted by atomic mass is 16.7. The topological polar surface area (TPSA) is 212 Å². The van der Waals surface area contributed by atoms with Gasteiger partial charge in [0, 0.05) is 54.3 Å². The van der Waals surface area contributed by atoms with Gasteiger partial charge in [-0.05, 0) is 30.0 Å². The maximum Gasteiger partial charge on any atom is 0.303 e. The zero-order valence-corrected chi connectivity index (χ0v) is 28.4. The monoisotopic (exact) mass is 682 g/mol. The van der Waals surface area contributed by atoms with E-state index in [2.05, 4.69) is 12.1 Å². The zero-order valence-electron chi connectivity index (χ0n) is 28.4. The van der Waals surface area contributed by atoms with Crippen LogP contribution in [0.25, 0.3) is 0 Å². The van der Waals surface area contributed by atoms with Gasteiger partial charge in [-0.2, -0.15) is 0 Å². The first kappa shape index (κ1) is 45.9. The second-order valence-corrected chi connectivity index (χ2v) is 9.99. The molecule has 1 heterocycles. The van der Waals surface area contributed by atoms with Gasteiger partial charge in [0.2, 0.25) is 0 Å². The summed E-state index contributed by atoms with van der Waals surface area (Å²) >= 11 is 0. The summed E-state index contributed by atoms with van der Waals surface area (Å²) in [5, 5.41) is 31.9. The van der Waals surface area contributed by atoms with E-state index < -0.39 is 36.5 Å². The van der Waals surface area contributed by atoms with Gasteiger partial charge in [0.25, 0.3) is 6.47 Å². The molecule has 1 fully saturated rings. The Balaban J connectivity index is 0. The maximum absolute atomic E-state index is 11.9. The molecule has 0 amide bonds. The Morgan fingerprint density at radius 1 is 0.854 bits per heavy atom. The fourth-order valence-corrected chi connectivity index (χ4v) is 4.68. The van der Waals surface area contributed by atoms with Crippen molar-refractivity contribution < 1.29 is 68.1 Å². The summed E-state index contributed by atoms with van der Waals surface area (Å²) in [6, 6.07) is 17.9. The molecular formula is C34H50O14. The summed E-state index contributed by atoms with van der Waals surface area (Å²) in [6.45, 7) is 7.16. The van der Waals surface area contributed by atoms with Crippen molar-refractivity contribution in [3.8, 4) is 0 Å². The maximum atomic E-state index is 11.9. The number of carbonyl (C=O) groups excluding carboxylic acids is 4. The lowest BCUT2D eigenvalue weighted by Crippen LogP contribution is -2.47.